The van der Waals surface area contributed by atoms with Crippen molar-refractivity contribution in [2.45, 2.75) is 33.1 Å². The minimum atomic E-state index is -0.892. The molecule has 4 heteroatoms. The molecule has 0 saturated heterocycles. The fourth-order valence-corrected chi connectivity index (χ4v) is 3.95. The van der Waals surface area contributed by atoms with E-state index < -0.39 is 5.97 Å². The summed E-state index contributed by atoms with van der Waals surface area (Å²) in [4.78, 5) is 17.0. The van der Waals surface area contributed by atoms with Gasteiger partial charge in [0.2, 0.25) is 0 Å². The van der Waals surface area contributed by atoms with Crippen LogP contribution in [0.3, 0.4) is 0 Å². The van der Waals surface area contributed by atoms with Gasteiger partial charge in [-0.15, -0.1) is 11.3 Å². The first-order chi connectivity index (χ1) is 9.44. The van der Waals surface area contributed by atoms with Crippen molar-refractivity contribution >= 4 is 17.3 Å². The van der Waals surface area contributed by atoms with Gasteiger partial charge in [-0.1, -0.05) is 26.0 Å². The van der Waals surface area contributed by atoms with E-state index in [1.165, 1.54) is 17.0 Å². The van der Waals surface area contributed by atoms with E-state index in [-0.39, 0.29) is 0 Å². The number of carbonyl (C=O) groups is 1. The van der Waals surface area contributed by atoms with Crippen molar-refractivity contribution in [2.24, 2.45) is 5.41 Å². The van der Waals surface area contributed by atoms with Gasteiger partial charge < -0.3 is 5.11 Å². The molecule has 0 spiro atoms. The molecule has 0 saturated carbocycles. The number of aromatic nitrogens is 1. The molecule has 0 radical (unpaired) electrons. The average Bonchev–Trinajstić information content (AvgIpc) is 2.80. The lowest BCUT2D eigenvalue weighted by Gasteiger charge is -2.28. The zero-order chi connectivity index (χ0) is 14.3. The third kappa shape index (κ3) is 2.48. The van der Waals surface area contributed by atoms with Crippen LogP contribution in [0.2, 0.25) is 0 Å². The second kappa shape index (κ2) is 4.70. The smallest absolute Gasteiger partial charge is 0.335 e. The number of hydrogen-bond acceptors (Lipinski definition) is 3. The van der Waals surface area contributed by atoms with Gasteiger partial charge in [0, 0.05) is 10.4 Å². The van der Waals surface area contributed by atoms with Crippen molar-refractivity contribution in [1.82, 2.24) is 4.98 Å². The van der Waals surface area contributed by atoms with E-state index in [2.05, 4.69) is 13.8 Å². The van der Waals surface area contributed by atoms with Gasteiger partial charge in [-0.3, -0.25) is 0 Å². The molecule has 104 valence electrons. The number of rotatable bonds is 2. The molecule has 0 unspecified atom stereocenters. The summed E-state index contributed by atoms with van der Waals surface area (Å²) in [5.74, 6) is -0.892. The van der Waals surface area contributed by atoms with Crippen LogP contribution < -0.4 is 0 Å². The molecule has 20 heavy (non-hydrogen) atoms. The van der Waals surface area contributed by atoms with E-state index in [0.29, 0.717) is 11.0 Å². The highest BCUT2D eigenvalue weighted by Crippen LogP contribution is 2.39. The molecule has 0 amide bonds. The molecule has 1 aliphatic carbocycles. The van der Waals surface area contributed by atoms with Crippen molar-refractivity contribution in [3.8, 4) is 10.6 Å². The van der Waals surface area contributed by atoms with Gasteiger partial charge in [-0.05, 0) is 36.8 Å². The summed E-state index contributed by atoms with van der Waals surface area (Å²) >= 11 is 1.75. The fraction of sp³-hybridized carbons (Fsp3) is 0.375. The molecule has 1 heterocycles. The van der Waals surface area contributed by atoms with Crippen LogP contribution in [0.1, 0.15) is 41.2 Å². The van der Waals surface area contributed by atoms with Crippen LogP contribution >= 0.6 is 11.3 Å². The number of carboxylic acids is 1. The van der Waals surface area contributed by atoms with E-state index in [1.807, 2.05) is 12.1 Å². The summed E-state index contributed by atoms with van der Waals surface area (Å²) in [6, 6.07) is 6.97. The van der Waals surface area contributed by atoms with Gasteiger partial charge in [0.1, 0.15) is 5.01 Å². The molecule has 3 rings (SSSR count). The predicted octanol–water partition coefficient (Wildman–Crippen LogP) is 4.02. The van der Waals surface area contributed by atoms with Crippen LogP contribution in [0.15, 0.2) is 24.3 Å². The maximum Gasteiger partial charge on any atom is 0.335 e. The van der Waals surface area contributed by atoms with Gasteiger partial charge in [-0.2, -0.15) is 0 Å². The molecule has 3 nitrogen and oxygen atoms in total. The molecular formula is C16H17NO2S. The van der Waals surface area contributed by atoms with Gasteiger partial charge in [0.05, 0.1) is 11.3 Å². The summed E-state index contributed by atoms with van der Waals surface area (Å²) in [5.41, 5.74) is 2.92. The second-order valence-electron chi connectivity index (χ2n) is 6.11. The normalized spacial score (nSPS) is 16.7. The Kier molecular flexibility index (Phi) is 3.13. The van der Waals surface area contributed by atoms with Crippen LogP contribution in [-0.2, 0) is 12.8 Å². The molecule has 1 aliphatic rings. The number of benzene rings is 1. The largest absolute Gasteiger partial charge is 0.478 e. The second-order valence-corrected chi connectivity index (χ2v) is 7.20. The van der Waals surface area contributed by atoms with Crippen LogP contribution in [0.25, 0.3) is 10.6 Å². The van der Waals surface area contributed by atoms with Gasteiger partial charge in [0.25, 0.3) is 0 Å². The number of fused-ring (bicyclic) bond motifs is 1. The number of nitrogens with zero attached hydrogens (tertiary/aromatic N) is 1. The molecule has 1 N–H and O–H groups in total. The minimum Gasteiger partial charge on any atom is -0.478 e. The number of hydrogen-bond donors (Lipinski definition) is 1. The first-order valence-electron chi connectivity index (χ1n) is 6.77. The molecule has 0 aliphatic heterocycles. The predicted molar refractivity (Wildman–Crippen MR) is 80.3 cm³/mol. The zero-order valence-corrected chi connectivity index (χ0v) is 12.5. The molecule has 0 bridgehead atoms. The number of thiazole rings is 1. The standard InChI is InChI=1S/C16H17NO2S/c1-16(2)8-7-12-13(9-16)20-14(17-12)10-3-5-11(6-4-10)15(18)19/h3-6H,7-9H2,1-2H3,(H,18,19). The number of aryl methyl sites for hydroxylation is 1. The molecule has 2 aromatic rings. The number of carboxylic acid groups (broad SMARTS) is 1. The van der Waals surface area contributed by atoms with Gasteiger partial charge in [0.15, 0.2) is 0 Å². The lowest BCUT2D eigenvalue weighted by atomic mass is 9.79. The summed E-state index contributed by atoms with van der Waals surface area (Å²) < 4.78 is 0. The lowest BCUT2D eigenvalue weighted by Crippen LogP contribution is -2.20. The lowest BCUT2D eigenvalue weighted by molar-refractivity contribution is 0.0697. The highest BCUT2D eigenvalue weighted by Gasteiger charge is 2.28. The Labute approximate surface area is 122 Å². The van der Waals surface area contributed by atoms with Crippen molar-refractivity contribution in [3.05, 3.63) is 40.4 Å². The Hall–Kier alpha value is -1.68. The van der Waals surface area contributed by atoms with Gasteiger partial charge >= 0.3 is 5.97 Å². The van der Waals surface area contributed by atoms with Crippen molar-refractivity contribution < 1.29 is 9.90 Å². The Morgan fingerprint density at radius 1 is 1.30 bits per heavy atom. The van der Waals surface area contributed by atoms with Gasteiger partial charge in [-0.25, -0.2) is 9.78 Å². The van der Waals surface area contributed by atoms with Crippen LogP contribution in [0.4, 0.5) is 0 Å². The van der Waals surface area contributed by atoms with Crippen molar-refractivity contribution in [1.29, 1.82) is 0 Å². The first kappa shape index (κ1) is 13.3. The maximum absolute atomic E-state index is 10.9. The monoisotopic (exact) mass is 287 g/mol. The Bertz CT molecular complexity index is 656. The summed E-state index contributed by atoms with van der Waals surface area (Å²) in [6.45, 7) is 4.61. The molecule has 1 aromatic heterocycles. The first-order valence-corrected chi connectivity index (χ1v) is 7.59. The maximum atomic E-state index is 10.9. The zero-order valence-electron chi connectivity index (χ0n) is 11.6. The SMILES string of the molecule is CC1(C)CCc2nc(-c3ccc(C(=O)O)cc3)sc2C1. The van der Waals surface area contributed by atoms with E-state index in [4.69, 9.17) is 10.1 Å². The van der Waals surface area contributed by atoms with E-state index in [0.717, 1.165) is 23.4 Å². The Morgan fingerprint density at radius 2 is 2.00 bits per heavy atom. The highest BCUT2D eigenvalue weighted by molar-refractivity contribution is 7.15. The molecule has 0 fully saturated rings. The molecule has 0 atom stereocenters. The van der Waals surface area contributed by atoms with E-state index in [9.17, 15) is 4.79 Å². The van der Waals surface area contributed by atoms with E-state index >= 15 is 0 Å². The molecule has 1 aromatic carbocycles. The van der Waals surface area contributed by atoms with Crippen LogP contribution in [0.5, 0.6) is 0 Å². The fourth-order valence-electron chi connectivity index (χ4n) is 2.58. The number of aromatic carboxylic acids is 1. The third-order valence-electron chi connectivity index (χ3n) is 3.83. The summed E-state index contributed by atoms with van der Waals surface area (Å²) in [7, 11) is 0. The summed E-state index contributed by atoms with van der Waals surface area (Å²) in [5, 5.41) is 9.93. The molecular weight excluding hydrogens is 270 g/mol. The topological polar surface area (TPSA) is 50.2 Å². The van der Waals surface area contributed by atoms with Crippen molar-refractivity contribution in [2.75, 3.05) is 0 Å². The Balaban J connectivity index is 1.92. The Morgan fingerprint density at radius 3 is 2.65 bits per heavy atom. The quantitative estimate of drug-likeness (QED) is 0.907. The average molecular weight is 287 g/mol. The third-order valence-corrected chi connectivity index (χ3v) is 4.98. The van der Waals surface area contributed by atoms with Crippen LogP contribution in [-0.4, -0.2) is 16.1 Å². The highest BCUT2D eigenvalue weighted by atomic mass is 32.1. The van der Waals surface area contributed by atoms with Crippen molar-refractivity contribution in [3.63, 3.8) is 0 Å². The minimum absolute atomic E-state index is 0.316. The van der Waals surface area contributed by atoms with Crippen LogP contribution in [0, 0.1) is 5.41 Å². The summed E-state index contributed by atoms with van der Waals surface area (Å²) in [6.07, 6.45) is 3.32. The van der Waals surface area contributed by atoms with E-state index in [1.54, 1.807) is 23.5 Å².